The Bertz CT molecular complexity index is 1510. The number of fused-ring (bicyclic) bond motifs is 1. The van der Waals surface area contributed by atoms with E-state index in [0.29, 0.717) is 59.9 Å². The zero-order valence-corrected chi connectivity index (χ0v) is 19.2. The Balaban J connectivity index is 1.18. The van der Waals surface area contributed by atoms with Crippen LogP contribution in [-0.2, 0) is 0 Å². The van der Waals surface area contributed by atoms with Gasteiger partial charge in [0.15, 0.2) is 5.78 Å². The molecule has 10 nitrogen and oxygen atoms in total. The highest BCUT2D eigenvalue weighted by Gasteiger charge is 2.44. The number of carbonyl (C=O) groups excluding carboxylic acids is 2. The molecule has 1 saturated heterocycles. The predicted octanol–water partition coefficient (Wildman–Crippen LogP) is 2.86. The van der Waals surface area contributed by atoms with Crippen LogP contribution >= 0.6 is 0 Å². The van der Waals surface area contributed by atoms with Crippen LogP contribution in [0.1, 0.15) is 40.0 Å². The maximum absolute atomic E-state index is 13.3. The van der Waals surface area contributed by atoms with Crippen molar-refractivity contribution in [2.45, 2.75) is 24.9 Å². The molecule has 1 amide bonds. The van der Waals surface area contributed by atoms with Crippen LogP contribution in [0.3, 0.4) is 0 Å². The van der Waals surface area contributed by atoms with Gasteiger partial charge in [0.05, 0.1) is 12.0 Å². The predicted molar refractivity (Wildman–Crippen MR) is 130 cm³/mol. The number of Topliss-reactive ketones (excluding diaryl/α,β-unsaturated/α-hetero) is 1. The van der Waals surface area contributed by atoms with Crippen LogP contribution in [0.4, 0.5) is 0 Å². The number of benzene rings is 2. The number of carbonyl (C=O) groups is 2. The number of likely N-dealkylation sites (tertiary alicyclic amines) is 1. The lowest BCUT2D eigenvalue weighted by molar-refractivity contribution is -0.00570. The highest BCUT2D eigenvalue weighted by atomic mass is 16.5. The number of aromatic nitrogens is 5. The number of tetrazole rings is 1. The lowest BCUT2D eigenvalue weighted by Gasteiger charge is -2.44. The van der Waals surface area contributed by atoms with Gasteiger partial charge in [-0.2, -0.15) is 5.21 Å². The summed E-state index contributed by atoms with van der Waals surface area (Å²) in [6, 6.07) is 17.7. The fourth-order valence-corrected chi connectivity index (χ4v) is 4.94. The number of nitrogens with one attached hydrogen (secondary N) is 2. The Morgan fingerprint density at radius 3 is 2.53 bits per heavy atom. The van der Waals surface area contributed by atoms with Crippen LogP contribution in [0.25, 0.3) is 22.6 Å². The third-order valence-electron chi connectivity index (χ3n) is 6.83. The number of piperidine rings is 1. The van der Waals surface area contributed by atoms with Gasteiger partial charge in [0.1, 0.15) is 11.4 Å². The first-order chi connectivity index (χ1) is 17.5. The second-order valence-corrected chi connectivity index (χ2v) is 9.14. The third kappa shape index (κ3) is 3.96. The van der Waals surface area contributed by atoms with Gasteiger partial charge in [0.2, 0.25) is 11.4 Å². The molecule has 6 rings (SSSR count). The van der Waals surface area contributed by atoms with E-state index in [4.69, 9.17) is 4.74 Å². The average molecular weight is 483 g/mol. The number of ketones is 1. The molecule has 1 fully saturated rings. The average Bonchev–Trinajstić information content (AvgIpc) is 3.44. The molecule has 0 bridgehead atoms. The van der Waals surface area contributed by atoms with Gasteiger partial charge >= 0.3 is 0 Å². The summed E-state index contributed by atoms with van der Waals surface area (Å²) in [4.78, 5) is 43.1. The van der Waals surface area contributed by atoms with Crippen molar-refractivity contribution in [1.82, 2.24) is 30.5 Å². The molecule has 1 spiro atoms. The largest absolute Gasteiger partial charge is 0.486 e. The van der Waals surface area contributed by atoms with Crippen LogP contribution in [0.2, 0.25) is 0 Å². The Kier molecular flexibility index (Phi) is 5.21. The molecule has 4 aromatic rings. The fourth-order valence-electron chi connectivity index (χ4n) is 4.94. The molecule has 0 unspecified atom stereocenters. The molecule has 180 valence electrons. The SMILES string of the molecule is O=C1CC2(CCN(C(=O)c3cc(-c4ccccc4)[nH]c(=O)c3)CC2)Oc2ccc(-c3nn[nH]n3)cc21. The molecule has 4 heterocycles. The summed E-state index contributed by atoms with van der Waals surface area (Å²) in [6.45, 7) is 0.853. The van der Waals surface area contributed by atoms with Crippen molar-refractivity contribution >= 4 is 11.7 Å². The maximum Gasteiger partial charge on any atom is 0.254 e. The van der Waals surface area contributed by atoms with Crippen molar-refractivity contribution in [3.63, 3.8) is 0 Å². The number of rotatable bonds is 3. The smallest absolute Gasteiger partial charge is 0.254 e. The highest BCUT2D eigenvalue weighted by Crippen LogP contribution is 2.40. The highest BCUT2D eigenvalue weighted by molar-refractivity contribution is 6.01. The van der Waals surface area contributed by atoms with Gasteiger partial charge in [0.25, 0.3) is 5.91 Å². The Hall–Kier alpha value is -4.60. The zero-order valence-electron chi connectivity index (χ0n) is 19.2. The van der Waals surface area contributed by atoms with E-state index in [2.05, 4.69) is 25.6 Å². The standard InChI is InChI=1S/C26H22N6O4/c33-21-15-26(36-22-7-6-17(12-19(21)22)24-28-30-31-29-24)8-10-32(11-9-26)25(35)18-13-20(27-23(34)14-18)16-4-2-1-3-5-16/h1-7,12-14H,8-11,15H2,(H,27,34)(H,28,29,30,31). The quantitative estimate of drug-likeness (QED) is 0.459. The molecular weight excluding hydrogens is 460 g/mol. The fraction of sp³-hybridized carbons (Fsp3) is 0.231. The summed E-state index contributed by atoms with van der Waals surface area (Å²) >= 11 is 0. The first kappa shape index (κ1) is 21.9. The van der Waals surface area contributed by atoms with Crippen molar-refractivity contribution in [3.8, 4) is 28.4 Å². The number of H-pyrrole nitrogens is 2. The topological polar surface area (TPSA) is 134 Å². The minimum atomic E-state index is -0.655. The molecule has 2 aromatic heterocycles. The van der Waals surface area contributed by atoms with Crippen LogP contribution in [-0.4, -0.2) is 60.9 Å². The zero-order chi connectivity index (χ0) is 24.7. The molecule has 0 atom stereocenters. The van der Waals surface area contributed by atoms with Crippen LogP contribution in [0.15, 0.2) is 65.5 Å². The van der Waals surface area contributed by atoms with E-state index in [0.717, 1.165) is 5.56 Å². The Morgan fingerprint density at radius 2 is 1.78 bits per heavy atom. The number of hydrogen-bond donors (Lipinski definition) is 2. The first-order valence-electron chi connectivity index (χ1n) is 11.7. The lowest BCUT2D eigenvalue weighted by Crippen LogP contribution is -2.52. The monoisotopic (exact) mass is 482 g/mol. The molecule has 2 aliphatic heterocycles. The van der Waals surface area contributed by atoms with E-state index in [1.807, 2.05) is 30.3 Å². The van der Waals surface area contributed by atoms with Gasteiger partial charge in [-0.1, -0.05) is 30.3 Å². The molecule has 10 heteroatoms. The number of hydrogen-bond acceptors (Lipinski definition) is 7. The van der Waals surface area contributed by atoms with Crippen LogP contribution in [0.5, 0.6) is 5.75 Å². The van der Waals surface area contributed by atoms with Crippen LogP contribution in [0, 0.1) is 0 Å². The minimum Gasteiger partial charge on any atom is -0.486 e. The summed E-state index contributed by atoms with van der Waals surface area (Å²) < 4.78 is 6.35. The van der Waals surface area contributed by atoms with Crippen molar-refractivity contribution < 1.29 is 14.3 Å². The second kappa shape index (κ2) is 8.56. The first-order valence-corrected chi connectivity index (χ1v) is 11.7. The van der Waals surface area contributed by atoms with E-state index >= 15 is 0 Å². The van der Waals surface area contributed by atoms with Gasteiger partial charge in [0, 0.05) is 48.8 Å². The molecule has 36 heavy (non-hydrogen) atoms. The molecule has 2 aromatic carbocycles. The van der Waals surface area contributed by atoms with Gasteiger partial charge < -0.3 is 14.6 Å². The number of aromatic amines is 2. The third-order valence-corrected chi connectivity index (χ3v) is 6.83. The summed E-state index contributed by atoms with van der Waals surface area (Å²) in [5, 5.41) is 13.9. The van der Waals surface area contributed by atoms with Gasteiger partial charge in [-0.05, 0) is 35.0 Å². The molecule has 0 radical (unpaired) electrons. The molecular formula is C26H22N6O4. The van der Waals surface area contributed by atoms with Gasteiger partial charge in [-0.15, -0.1) is 10.2 Å². The molecule has 0 aliphatic carbocycles. The molecule has 2 N–H and O–H groups in total. The van der Waals surface area contributed by atoms with E-state index in [1.165, 1.54) is 6.07 Å². The summed E-state index contributed by atoms with van der Waals surface area (Å²) in [7, 11) is 0. The van der Waals surface area contributed by atoms with E-state index in [9.17, 15) is 14.4 Å². The Labute approximate surface area is 205 Å². The second-order valence-electron chi connectivity index (χ2n) is 9.14. The number of nitrogens with zero attached hydrogens (tertiary/aromatic N) is 4. The molecule has 0 saturated carbocycles. The lowest BCUT2D eigenvalue weighted by atomic mass is 9.82. The van der Waals surface area contributed by atoms with Crippen molar-refractivity contribution in [2.24, 2.45) is 0 Å². The van der Waals surface area contributed by atoms with Crippen molar-refractivity contribution in [1.29, 1.82) is 0 Å². The number of pyridine rings is 1. The van der Waals surface area contributed by atoms with Crippen LogP contribution < -0.4 is 10.3 Å². The molecule has 2 aliphatic rings. The Morgan fingerprint density at radius 1 is 0.972 bits per heavy atom. The number of ether oxygens (including phenoxy) is 1. The summed E-state index contributed by atoms with van der Waals surface area (Å²) in [5.74, 6) is 0.720. The van der Waals surface area contributed by atoms with Crippen molar-refractivity contribution in [3.05, 3.63) is 82.1 Å². The summed E-state index contributed by atoms with van der Waals surface area (Å²) in [6.07, 6.45) is 1.28. The van der Waals surface area contributed by atoms with Crippen molar-refractivity contribution in [2.75, 3.05) is 13.1 Å². The number of amides is 1. The van der Waals surface area contributed by atoms with Gasteiger partial charge in [-0.25, -0.2) is 0 Å². The van der Waals surface area contributed by atoms with E-state index < -0.39 is 5.60 Å². The normalized spacial score (nSPS) is 16.4. The van der Waals surface area contributed by atoms with E-state index in [1.54, 1.807) is 29.2 Å². The summed E-state index contributed by atoms with van der Waals surface area (Å²) in [5.41, 5.74) is 1.97. The maximum atomic E-state index is 13.3. The van der Waals surface area contributed by atoms with E-state index in [-0.39, 0.29) is 23.7 Å². The van der Waals surface area contributed by atoms with Gasteiger partial charge in [-0.3, -0.25) is 14.4 Å². The minimum absolute atomic E-state index is 0.0107.